The van der Waals surface area contributed by atoms with Gasteiger partial charge in [0.1, 0.15) is 7.28 Å². The standard InChI is InChI=1S/C10H22B/c1-7-9(4)11-10(5,6)8(2)3/h8-9H,7H2,1-6H3/t9-/m1/s1. The van der Waals surface area contributed by atoms with Crippen LogP contribution in [0.1, 0.15) is 48.0 Å². The third-order valence-corrected chi connectivity index (χ3v) is 2.85. The molecule has 0 aromatic rings. The third kappa shape index (κ3) is 3.84. The van der Waals surface area contributed by atoms with Crippen molar-refractivity contribution in [2.45, 2.75) is 59.1 Å². The fraction of sp³-hybridized carbons (Fsp3) is 1.00. The molecule has 0 heterocycles. The van der Waals surface area contributed by atoms with Gasteiger partial charge in [-0.05, 0) is 5.92 Å². The van der Waals surface area contributed by atoms with Gasteiger partial charge in [-0.25, -0.2) is 0 Å². The Morgan fingerprint density at radius 1 is 1.18 bits per heavy atom. The molecule has 65 valence electrons. The summed E-state index contributed by atoms with van der Waals surface area (Å²) in [5.74, 6) is 1.50. The van der Waals surface area contributed by atoms with Gasteiger partial charge < -0.3 is 0 Å². The molecule has 1 atom stereocenters. The molecule has 11 heavy (non-hydrogen) atoms. The molecular weight excluding hydrogens is 131 g/mol. The van der Waals surface area contributed by atoms with Crippen LogP contribution in [0.25, 0.3) is 0 Å². The molecule has 0 spiro atoms. The Morgan fingerprint density at radius 2 is 1.64 bits per heavy atom. The van der Waals surface area contributed by atoms with E-state index in [1.54, 1.807) is 0 Å². The van der Waals surface area contributed by atoms with Crippen molar-refractivity contribution in [2.75, 3.05) is 0 Å². The largest absolute Gasteiger partial charge is 0.121 e. The Morgan fingerprint density at radius 3 is 1.91 bits per heavy atom. The van der Waals surface area contributed by atoms with E-state index in [1.165, 1.54) is 6.42 Å². The average Bonchev–Trinajstić information content (AvgIpc) is 1.86. The molecule has 0 aliphatic heterocycles. The number of rotatable bonds is 4. The molecule has 0 saturated carbocycles. The first-order chi connectivity index (χ1) is 4.90. The second-order valence-corrected chi connectivity index (χ2v) is 4.53. The zero-order chi connectivity index (χ0) is 9.07. The molecule has 0 aromatic carbocycles. The van der Waals surface area contributed by atoms with Crippen LogP contribution in [0.15, 0.2) is 0 Å². The monoisotopic (exact) mass is 153 g/mol. The van der Waals surface area contributed by atoms with Crippen LogP contribution in [-0.2, 0) is 0 Å². The fourth-order valence-electron chi connectivity index (χ4n) is 1.04. The van der Waals surface area contributed by atoms with E-state index in [-0.39, 0.29) is 0 Å². The molecule has 0 aliphatic carbocycles. The van der Waals surface area contributed by atoms with Gasteiger partial charge in [-0.3, -0.25) is 0 Å². The van der Waals surface area contributed by atoms with Crippen molar-refractivity contribution >= 4 is 7.28 Å². The molecular formula is C10H22B. The normalized spacial score (nSPS) is 15.2. The zero-order valence-corrected chi connectivity index (χ0v) is 8.94. The Hall–Kier alpha value is 0.0649. The summed E-state index contributed by atoms with van der Waals surface area (Å²) in [6.07, 6.45) is 1.26. The Labute approximate surface area is 73.0 Å². The second-order valence-electron chi connectivity index (χ2n) is 4.53. The molecule has 0 aliphatic rings. The first-order valence-corrected chi connectivity index (χ1v) is 4.76. The lowest BCUT2D eigenvalue weighted by Crippen LogP contribution is -2.22. The van der Waals surface area contributed by atoms with E-state index in [2.05, 4.69) is 48.8 Å². The van der Waals surface area contributed by atoms with Gasteiger partial charge in [0.05, 0.1) is 0 Å². The molecule has 1 heteroatoms. The smallest absolute Gasteiger partial charge is 0.0713 e. The van der Waals surface area contributed by atoms with Crippen LogP contribution in [0.3, 0.4) is 0 Å². The van der Waals surface area contributed by atoms with Crippen LogP contribution in [0, 0.1) is 5.92 Å². The fourth-order valence-corrected chi connectivity index (χ4v) is 1.04. The van der Waals surface area contributed by atoms with Crippen molar-refractivity contribution < 1.29 is 0 Å². The zero-order valence-electron chi connectivity index (χ0n) is 8.94. The highest BCUT2D eigenvalue weighted by Gasteiger charge is 2.24. The van der Waals surface area contributed by atoms with Gasteiger partial charge in [0.15, 0.2) is 0 Å². The first kappa shape index (κ1) is 11.1. The molecule has 0 aromatic heterocycles. The van der Waals surface area contributed by atoms with Crippen LogP contribution in [-0.4, -0.2) is 7.28 Å². The highest BCUT2D eigenvalue weighted by Crippen LogP contribution is 2.36. The van der Waals surface area contributed by atoms with E-state index < -0.39 is 0 Å². The van der Waals surface area contributed by atoms with Crippen LogP contribution in [0.5, 0.6) is 0 Å². The van der Waals surface area contributed by atoms with Crippen molar-refractivity contribution in [3.63, 3.8) is 0 Å². The predicted molar refractivity (Wildman–Crippen MR) is 54.3 cm³/mol. The van der Waals surface area contributed by atoms with E-state index in [0.717, 1.165) is 11.7 Å². The first-order valence-electron chi connectivity index (χ1n) is 4.76. The minimum Gasteiger partial charge on any atom is -0.0713 e. The number of hydrogen-bond acceptors (Lipinski definition) is 0. The van der Waals surface area contributed by atoms with E-state index in [0.29, 0.717) is 5.31 Å². The molecule has 0 unspecified atom stereocenters. The lowest BCUT2D eigenvalue weighted by atomic mass is 9.43. The molecule has 0 fully saturated rings. The maximum atomic E-state index is 2.48. The summed E-state index contributed by atoms with van der Waals surface area (Å²) in [6, 6.07) is 0. The van der Waals surface area contributed by atoms with E-state index in [1.807, 2.05) is 0 Å². The minimum atomic E-state index is 0.398. The highest BCUT2D eigenvalue weighted by atomic mass is 14.2. The SMILES string of the molecule is CC[C@@H](C)[B]C(C)(C)C(C)C. The topological polar surface area (TPSA) is 0 Å². The van der Waals surface area contributed by atoms with Crippen LogP contribution < -0.4 is 0 Å². The molecule has 0 amide bonds. The van der Waals surface area contributed by atoms with Gasteiger partial charge in [-0.1, -0.05) is 59.1 Å². The van der Waals surface area contributed by atoms with Crippen molar-refractivity contribution in [1.29, 1.82) is 0 Å². The molecule has 0 N–H and O–H groups in total. The molecule has 0 saturated heterocycles. The summed E-state index contributed by atoms with van der Waals surface area (Å²) >= 11 is 0. The lowest BCUT2D eigenvalue weighted by molar-refractivity contribution is 0.468. The van der Waals surface area contributed by atoms with Crippen LogP contribution in [0.2, 0.25) is 11.1 Å². The summed E-state index contributed by atoms with van der Waals surface area (Å²) in [5, 5.41) is 0.398. The van der Waals surface area contributed by atoms with Crippen LogP contribution >= 0.6 is 0 Å². The van der Waals surface area contributed by atoms with Crippen molar-refractivity contribution in [2.24, 2.45) is 5.92 Å². The van der Waals surface area contributed by atoms with Crippen molar-refractivity contribution in [3.8, 4) is 0 Å². The Bertz CT molecular complexity index is 105. The van der Waals surface area contributed by atoms with E-state index in [9.17, 15) is 0 Å². The van der Waals surface area contributed by atoms with E-state index in [4.69, 9.17) is 0 Å². The predicted octanol–water partition coefficient (Wildman–Crippen LogP) is 3.76. The quantitative estimate of drug-likeness (QED) is 0.539. The van der Waals surface area contributed by atoms with Crippen molar-refractivity contribution in [1.82, 2.24) is 0 Å². The van der Waals surface area contributed by atoms with Gasteiger partial charge in [0.2, 0.25) is 0 Å². The molecule has 0 bridgehead atoms. The van der Waals surface area contributed by atoms with Crippen LogP contribution in [0.4, 0.5) is 0 Å². The molecule has 1 radical (unpaired) electrons. The summed E-state index contributed by atoms with van der Waals surface area (Å²) in [7, 11) is 2.48. The maximum absolute atomic E-state index is 2.48. The van der Waals surface area contributed by atoms with Gasteiger partial charge in [-0.15, -0.1) is 0 Å². The van der Waals surface area contributed by atoms with Gasteiger partial charge in [-0.2, -0.15) is 0 Å². The average molecular weight is 153 g/mol. The minimum absolute atomic E-state index is 0.398. The number of hydrogen-bond donors (Lipinski definition) is 0. The summed E-state index contributed by atoms with van der Waals surface area (Å²) in [5.41, 5.74) is 0. The van der Waals surface area contributed by atoms with E-state index >= 15 is 0 Å². The maximum Gasteiger partial charge on any atom is 0.121 e. The molecule has 0 rings (SSSR count). The molecule has 0 nitrogen and oxygen atoms in total. The Kier molecular flexibility index (Phi) is 4.21. The second kappa shape index (κ2) is 4.18. The lowest BCUT2D eigenvalue weighted by Gasteiger charge is -2.30. The Balaban J connectivity index is 3.90. The third-order valence-electron chi connectivity index (χ3n) is 2.85. The highest BCUT2D eigenvalue weighted by molar-refractivity contribution is 6.41. The van der Waals surface area contributed by atoms with Gasteiger partial charge in [0.25, 0.3) is 0 Å². The van der Waals surface area contributed by atoms with Gasteiger partial charge in [0, 0.05) is 0 Å². The summed E-state index contributed by atoms with van der Waals surface area (Å²) in [6.45, 7) is 13.8. The summed E-state index contributed by atoms with van der Waals surface area (Å²) < 4.78 is 0. The van der Waals surface area contributed by atoms with Crippen molar-refractivity contribution in [3.05, 3.63) is 0 Å². The summed E-state index contributed by atoms with van der Waals surface area (Å²) in [4.78, 5) is 0. The van der Waals surface area contributed by atoms with Gasteiger partial charge >= 0.3 is 0 Å².